The van der Waals surface area contributed by atoms with E-state index in [0.29, 0.717) is 17.2 Å². The van der Waals surface area contributed by atoms with E-state index >= 15 is 0 Å². The summed E-state index contributed by atoms with van der Waals surface area (Å²) in [5, 5.41) is 2.85. The molecule has 2 aromatic rings. The third-order valence-electron chi connectivity index (χ3n) is 5.38. The fourth-order valence-corrected chi connectivity index (χ4v) is 4.02. The van der Waals surface area contributed by atoms with Crippen LogP contribution in [0.2, 0.25) is 0 Å². The molecule has 1 N–H and O–H groups in total. The summed E-state index contributed by atoms with van der Waals surface area (Å²) in [5.74, 6) is 0.406. The summed E-state index contributed by atoms with van der Waals surface area (Å²) in [4.78, 5) is 29.5. The molecule has 2 heterocycles. The molecule has 5 heteroatoms. The zero-order valence-electron chi connectivity index (χ0n) is 15.8. The van der Waals surface area contributed by atoms with Crippen LogP contribution in [0.3, 0.4) is 0 Å². The Kier molecular flexibility index (Phi) is 4.02. The third kappa shape index (κ3) is 3.01. The molecule has 3 aliphatic rings. The lowest BCUT2D eigenvalue weighted by Crippen LogP contribution is -2.32. The number of hydrogen-bond donors (Lipinski definition) is 1. The SMILES string of the molecule is CC1=CC(=O)NC2=CC(=NC(=O)C3c4ccccc4Oc4ccccc43)C=CC12. The first-order chi connectivity index (χ1) is 14.1. The number of aliphatic imine (C=N–C) groups is 1. The van der Waals surface area contributed by atoms with E-state index in [-0.39, 0.29) is 17.7 Å². The standard InChI is InChI=1S/C24H18N2O3/c1-14-12-22(27)26-19-13-15(10-11-16(14)19)25-24(28)23-17-6-2-4-8-20(17)29-21-9-5-3-7-18(21)23/h2-13,16,23H,1H3,(H,26,27). The molecule has 0 bridgehead atoms. The van der Waals surface area contributed by atoms with Crippen LogP contribution in [0.15, 0.2) is 89.1 Å². The molecule has 0 fully saturated rings. The number of hydrogen-bond acceptors (Lipinski definition) is 3. The van der Waals surface area contributed by atoms with E-state index in [1.165, 1.54) is 0 Å². The van der Waals surface area contributed by atoms with Crippen molar-refractivity contribution in [2.75, 3.05) is 0 Å². The Labute approximate surface area is 168 Å². The van der Waals surface area contributed by atoms with E-state index in [9.17, 15) is 9.59 Å². The molecular formula is C24H18N2O3. The van der Waals surface area contributed by atoms with Gasteiger partial charge >= 0.3 is 0 Å². The second-order valence-corrected chi connectivity index (χ2v) is 7.30. The number of benzene rings is 2. The highest BCUT2D eigenvalue weighted by atomic mass is 16.5. The maximum atomic E-state index is 13.3. The molecule has 2 aliphatic heterocycles. The largest absolute Gasteiger partial charge is 0.457 e. The van der Waals surface area contributed by atoms with E-state index in [1.807, 2.05) is 67.6 Å². The van der Waals surface area contributed by atoms with Crippen LogP contribution in [0, 0.1) is 5.92 Å². The fraction of sp³-hybridized carbons (Fsp3) is 0.125. The highest BCUT2D eigenvalue weighted by Gasteiger charge is 2.32. The van der Waals surface area contributed by atoms with Crippen molar-refractivity contribution in [1.82, 2.24) is 5.32 Å². The number of amides is 2. The minimum absolute atomic E-state index is 0.0197. The van der Waals surface area contributed by atoms with E-state index in [1.54, 1.807) is 12.2 Å². The highest BCUT2D eigenvalue weighted by molar-refractivity contribution is 6.12. The minimum atomic E-state index is -0.532. The van der Waals surface area contributed by atoms with Crippen molar-refractivity contribution in [1.29, 1.82) is 0 Å². The van der Waals surface area contributed by atoms with Gasteiger partial charge in [-0.3, -0.25) is 9.59 Å². The third-order valence-corrected chi connectivity index (χ3v) is 5.38. The van der Waals surface area contributed by atoms with Gasteiger partial charge in [0, 0.05) is 28.8 Å². The quantitative estimate of drug-likeness (QED) is 0.809. The summed E-state index contributed by atoms with van der Waals surface area (Å²) < 4.78 is 5.96. The van der Waals surface area contributed by atoms with Gasteiger partial charge in [0.2, 0.25) is 5.91 Å². The molecule has 5 nitrogen and oxygen atoms in total. The van der Waals surface area contributed by atoms with Gasteiger partial charge in [-0.25, -0.2) is 4.99 Å². The maximum absolute atomic E-state index is 13.3. The number of carbonyl (C=O) groups is 2. The van der Waals surface area contributed by atoms with Crippen LogP contribution in [0.1, 0.15) is 24.0 Å². The van der Waals surface area contributed by atoms with Gasteiger partial charge in [0.1, 0.15) is 11.5 Å². The van der Waals surface area contributed by atoms with Crippen molar-refractivity contribution < 1.29 is 14.3 Å². The number of nitrogens with zero attached hydrogens (tertiary/aromatic N) is 1. The van der Waals surface area contributed by atoms with Crippen molar-refractivity contribution in [2.45, 2.75) is 12.8 Å². The first kappa shape index (κ1) is 17.4. The molecule has 2 aromatic carbocycles. The lowest BCUT2D eigenvalue weighted by atomic mass is 9.87. The van der Waals surface area contributed by atoms with Gasteiger partial charge in [-0.1, -0.05) is 48.0 Å². The minimum Gasteiger partial charge on any atom is -0.457 e. The number of rotatable bonds is 1. The predicted octanol–water partition coefficient (Wildman–Crippen LogP) is 4.04. The van der Waals surface area contributed by atoms with Crippen LogP contribution in [0.25, 0.3) is 0 Å². The van der Waals surface area contributed by atoms with Gasteiger partial charge in [-0.15, -0.1) is 0 Å². The fourth-order valence-electron chi connectivity index (χ4n) is 4.02. The van der Waals surface area contributed by atoms with Gasteiger partial charge in [-0.2, -0.15) is 0 Å². The van der Waals surface area contributed by atoms with Crippen molar-refractivity contribution >= 4 is 17.5 Å². The molecule has 0 aromatic heterocycles. The second kappa shape index (κ2) is 6.71. The molecule has 0 saturated carbocycles. The van der Waals surface area contributed by atoms with Crippen molar-refractivity contribution in [3.05, 3.63) is 95.2 Å². The van der Waals surface area contributed by atoms with Crippen LogP contribution in [-0.2, 0) is 9.59 Å². The first-order valence-electron chi connectivity index (χ1n) is 9.47. The summed E-state index contributed by atoms with van der Waals surface area (Å²) >= 11 is 0. The van der Waals surface area contributed by atoms with E-state index in [4.69, 9.17) is 4.74 Å². The van der Waals surface area contributed by atoms with Crippen LogP contribution >= 0.6 is 0 Å². The summed E-state index contributed by atoms with van der Waals surface area (Å²) in [6.07, 6.45) is 7.15. The first-order valence-corrected chi connectivity index (χ1v) is 9.47. The number of ether oxygens (including phenoxy) is 1. The Morgan fingerprint density at radius 2 is 1.66 bits per heavy atom. The van der Waals surface area contributed by atoms with Crippen molar-refractivity contribution in [3.63, 3.8) is 0 Å². The lowest BCUT2D eigenvalue weighted by Gasteiger charge is -2.27. The average Bonchev–Trinajstić information content (AvgIpc) is 2.71. The second-order valence-electron chi connectivity index (χ2n) is 7.30. The molecule has 0 spiro atoms. The summed E-state index contributed by atoms with van der Waals surface area (Å²) in [6.45, 7) is 1.92. The van der Waals surface area contributed by atoms with Crippen LogP contribution in [0.4, 0.5) is 0 Å². The van der Waals surface area contributed by atoms with Crippen LogP contribution in [-0.4, -0.2) is 17.5 Å². The average molecular weight is 382 g/mol. The molecule has 5 rings (SSSR count). The molecular weight excluding hydrogens is 364 g/mol. The Bertz CT molecular complexity index is 1120. The molecule has 2 amide bonds. The Balaban J connectivity index is 1.53. The predicted molar refractivity (Wildman–Crippen MR) is 110 cm³/mol. The molecule has 1 unspecified atom stereocenters. The summed E-state index contributed by atoms with van der Waals surface area (Å²) in [7, 11) is 0. The normalized spacial score (nSPS) is 21.2. The van der Waals surface area contributed by atoms with Gasteiger partial charge in [0.05, 0.1) is 11.6 Å². The van der Waals surface area contributed by atoms with Gasteiger partial charge < -0.3 is 10.1 Å². The molecule has 1 atom stereocenters. The maximum Gasteiger partial charge on any atom is 0.258 e. The Morgan fingerprint density at radius 1 is 1.00 bits per heavy atom. The molecule has 1 aliphatic carbocycles. The lowest BCUT2D eigenvalue weighted by molar-refractivity contribution is -0.118. The van der Waals surface area contributed by atoms with Crippen molar-refractivity contribution in [3.8, 4) is 11.5 Å². The van der Waals surface area contributed by atoms with Gasteiger partial charge in [0.25, 0.3) is 5.91 Å². The number of allylic oxidation sites excluding steroid dienone is 3. The monoisotopic (exact) mass is 382 g/mol. The molecule has 0 saturated heterocycles. The molecule has 0 radical (unpaired) electrons. The number of para-hydroxylation sites is 2. The van der Waals surface area contributed by atoms with E-state index in [0.717, 1.165) is 22.4 Å². The molecule has 29 heavy (non-hydrogen) atoms. The number of carbonyl (C=O) groups excluding carboxylic acids is 2. The summed E-state index contributed by atoms with van der Waals surface area (Å²) in [6, 6.07) is 15.1. The van der Waals surface area contributed by atoms with Gasteiger partial charge in [0.15, 0.2) is 0 Å². The zero-order valence-corrected chi connectivity index (χ0v) is 15.8. The zero-order chi connectivity index (χ0) is 20.0. The Morgan fingerprint density at radius 3 is 2.34 bits per heavy atom. The smallest absolute Gasteiger partial charge is 0.258 e. The topological polar surface area (TPSA) is 67.8 Å². The van der Waals surface area contributed by atoms with Gasteiger partial charge in [-0.05, 0) is 31.2 Å². The number of nitrogens with one attached hydrogen (secondary N) is 1. The van der Waals surface area contributed by atoms with E-state index < -0.39 is 5.92 Å². The van der Waals surface area contributed by atoms with Crippen molar-refractivity contribution in [2.24, 2.45) is 10.9 Å². The van der Waals surface area contributed by atoms with E-state index in [2.05, 4.69) is 10.3 Å². The molecule has 142 valence electrons. The van der Waals surface area contributed by atoms with Crippen LogP contribution in [0.5, 0.6) is 11.5 Å². The Hall–Kier alpha value is -3.73. The number of fused-ring (bicyclic) bond motifs is 3. The van der Waals surface area contributed by atoms with Crippen LogP contribution < -0.4 is 10.1 Å². The summed E-state index contributed by atoms with van der Waals surface area (Å²) in [5.41, 5.74) is 3.84. The highest BCUT2D eigenvalue weighted by Crippen LogP contribution is 2.44.